The number of fused-ring (bicyclic) bond motifs is 1. The molecule has 0 aromatic heterocycles. The van der Waals surface area contributed by atoms with Crippen molar-refractivity contribution in [3.05, 3.63) is 29.6 Å². The maximum absolute atomic E-state index is 13.8. The Balaban J connectivity index is 1.89. The van der Waals surface area contributed by atoms with Gasteiger partial charge in [-0.3, -0.25) is 10.6 Å². The molecule has 1 aromatic carbocycles. The van der Waals surface area contributed by atoms with Crippen molar-refractivity contribution in [3.8, 4) is 0 Å². The number of para-hydroxylation sites is 1. The lowest BCUT2D eigenvalue weighted by atomic mass is 9.89. The van der Waals surface area contributed by atoms with Crippen LogP contribution < -0.4 is 11.3 Å². The standard InChI is InChI=1S/C15H20FN3O2/c16-11-5-3-4-10(14(11)18-17)15(20)19-8-9-21-13-7-2-1-6-12(13)19/h3-5,12-13,18H,1-2,6-9,17H2. The van der Waals surface area contributed by atoms with Crippen LogP contribution in [0.3, 0.4) is 0 Å². The van der Waals surface area contributed by atoms with Crippen LogP contribution in [-0.2, 0) is 4.74 Å². The third-order valence-electron chi connectivity index (χ3n) is 4.38. The summed E-state index contributed by atoms with van der Waals surface area (Å²) in [6.45, 7) is 1.08. The van der Waals surface area contributed by atoms with Gasteiger partial charge in [0, 0.05) is 6.54 Å². The second kappa shape index (κ2) is 5.99. The fourth-order valence-corrected chi connectivity index (χ4v) is 3.35. The van der Waals surface area contributed by atoms with Crippen molar-refractivity contribution in [1.82, 2.24) is 4.90 Å². The van der Waals surface area contributed by atoms with E-state index in [-0.39, 0.29) is 29.3 Å². The molecule has 1 saturated carbocycles. The van der Waals surface area contributed by atoms with Crippen molar-refractivity contribution in [2.45, 2.75) is 37.8 Å². The van der Waals surface area contributed by atoms with Crippen molar-refractivity contribution in [2.24, 2.45) is 5.84 Å². The van der Waals surface area contributed by atoms with Gasteiger partial charge in [-0.25, -0.2) is 4.39 Å². The summed E-state index contributed by atoms with van der Waals surface area (Å²) in [5.41, 5.74) is 2.64. The summed E-state index contributed by atoms with van der Waals surface area (Å²) in [7, 11) is 0. The van der Waals surface area contributed by atoms with Crippen LogP contribution in [0, 0.1) is 5.82 Å². The zero-order chi connectivity index (χ0) is 14.8. The van der Waals surface area contributed by atoms with E-state index in [9.17, 15) is 9.18 Å². The molecule has 2 atom stereocenters. The maximum Gasteiger partial charge on any atom is 0.256 e. The highest BCUT2D eigenvalue weighted by atomic mass is 19.1. The number of morpholine rings is 1. The molecule has 1 aliphatic heterocycles. The SMILES string of the molecule is NNc1c(F)cccc1C(=O)N1CCOC2CCCCC21. The average Bonchev–Trinajstić information content (AvgIpc) is 2.53. The van der Waals surface area contributed by atoms with E-state index in [0.29, 0.717) is 13.2 Å². The first kappa shape index (κ1) is 14.3. The summed E-state index contributed by atoms with van der Waals surface area (Å²) in [5.74, 6) is 4.67. The van der Waals surface area contributed by atoms with Crippen LogP contribution in [-0.4, -0.2) is 36.1 Å². The molecule has 0 spiro atoms. The van der Waals surface area contributed by atoms with E-state index < -0.39 is 5.82 Å². The number of nitrogen functional groups attached to an aromatic ring is 1. The van der Waals surface area contributed by atoms with E-state index in [1.54, 1.807) is 6.07 Å². The van der Waals surface area contributed by atoms with Crippen LogP contribution in [0.1, 0.15) is 36.0 Å². The van der Waals surface area contributed by atoms with Gasteiger partial charge in [0.05, 0.1) is 30.0 Å². The zero-order valence-electron chi connectivity index (χ0n) is 11.8. The Morgan fingerprint density at radius 1 is 1.38 bits per heavy atom. The molecule has 6 heteroatoms. The Labute approximate surface area is 123 Å². The lowest BCUT2D eigenvalue weighted by Crippen LogP contribution is -2.54. The average molecular weight is 293 g/mol. The summed E-state index contributed by atoms with van der Waals surface area (Å²) < 4.78 is 19.5. The number of anilines is 1. The van der Waals surface area contributed by atoms with Gasteiger partial charge < -0.3 is 15.1 Å². The van der Waals surface area contributed by atoms with Crippen LogP contribution >= 0.6 is 0 Å². The van der Waals surface area contributed by atoms with Gasteiger partial charge in [0.2, 0.25) is 0 Å². The second-order valence-electron chi connectivity index (χ2n) is 5.57. The van der Waals surface area contributed by atoms with E-state index in [1.165, 1.54) is 12.1 Å². The third kappa shape index (κ3) is 2.61. The van der Waals surface area contributed by atoms with E-state index in [2.05, 4.69) is 5.43 Å². The van der Waals surface area contributed by atoms with Gasteiger partial charge in [0.15, 0.2) is 0 Å². The number of amides is 1. The van der Waals surface area contributed by atoms with E-state index in [1.807, 2.05) is 4.90 Å². The number of nitrogens with two attached hydrogens (primary N) is 1. The normalized spacial score (nSPS) is 25.3. The first-order valence-electron chi connectivity index (χ1n) is 7.40. The van der Waals surface area contributed by atoms with Gasteiger partial charge in [-0.05, 0) is 25.0 Å². The molecule has 0 radical (unpaired) electrons. The van der Waals surface area contributed by atoms with Crippen molar-refractivity contribution >= 4 is 11.6 Å². The summed E-state index contributed by atoms with van der Waals surface area (Å²) in [6.07, 6.45) is 4.27. The van der Waals surface area contributed by atoms with Crippen molar-refractivity contribution < 1.29 is 13.9 Å². The number of ether oxygens (including phenoxy) is 1. The monoisotopic (exact) mass is 293 g/mol. The zero-order valence-corrected chi connectivity index (χ0v) is 11.8. The first-order chi connectivity index (χ1) is 10.2. The number of nitrogens with zero attached hydrogens (tertiary/aromatic N) is 1. The number of hydrogen-bond acceptors (Lipinski definition) is 4. The molecule has 1 saturated heterocycles. The molecule has 114 valence electrons. The van der Waals surface area contributed by atoms with Crippen LogP contribution in [0.2, 0.25) is 0 Å². The highest BCUT2D eigenvalue weighted by molar-refractivity contribution is 6.00. The summed E-state index contributed by atoms with van der Waals surface area (Å²) in [5, 5.41) is 0. The van der Waals surface area contributed by atoms with Crippen molar-refractivity contribution in [3.63, 3.8) is 0 Å². The predicted molar refractivity (Wildman–Crippen MR) is 77.2 cm³/mol. The highest BCUT2D eigenvalue weighted by Gasteiger charge is 2.37. The molecule has 3 rings (SSSR count). The molecule has 21 heavy (non-hydrogen) atoms. The smallest absolute Gasteiger partial charge is 0.256 e. The summed E-state index contributed by atoms with van der Waals surface area (Å²) in [6, 6.07) is 4.51. The second-order valence-corrected chi connectivity index (χ2v) is 5.57. The van der Waals surface area contributed by atoms with E-state index >= 15 is 0 Å². The molecule has 5 nitrogen and oxygen atoms in total. The van der Waals surface area contributed by atoms with Crippen LogP contribution in [0.5, 0.6) is 0 Å². The number of rotatable bonds is 2. The fourth-order valence-electron chi connectivity index (χ4n) is 3.35. The number of nitrogens with one attached hydrogen (secondary N) is 1. The number of carbonyl (C=O) groups excluding carboxylic acids is 1. The van der Waals surface area contributed by atoms with E-state index in [4.69, 9.17) is 10.6 Å². The molecule has 2 fully saturated rings. The Bertz CT molecular complexity index is 536. The molecular formula is C15H20FN3O2. The van der Waals surface area contributed by atoms with Crippen LogP contribution in [0.15, 0.2) is 18.2 Å². The largest absolute Gasteiger partial charge is 0.374 e. The molecule has 1 aromatic rings. The highest BCUT2D eigenvalue weighted by Crippen LogP contribution is 2.30. The quantitative estimate of drug-likeness (QED) is 0.645. The number of hydrazine groups is 1. The molecule has 1 amide bonds. The molecule has 2 unspecified atom stereocenters. The number of halogens is 1. The molecule has 1 heterocycles. The van der Waals surface area contributed by atoms with Gasteiger partial charge in [-0.2, -0.15) is 0 Å². The predicted octanol–water partition coefficient (Wildman–Crippen LogP) is 1.89. The topological polar surface area (TPSA) is 67.6 Å². The van der Waals surface area contributed by atoms with Crippen LogP contribution in [0.4, 0.5) is 10.1 Å². The number of hydrogen-bond donors (Lipinski definition) is 2. The third-order valence-corrected chi connectivity index (χ3v) is 4.38. The lowest BCUT2D eigenvalue weighted by molar-refractivity contribution is -0.0752. The van der Waals surface area contributed by atoms with Crippen LogP contribution in [0.25, 0.3) is 0 Å². The lowest BCUT2D eigenvalue weighted by Gasteiger charge is -2.44. The number of carbonyl (C=O) groups is 1. The number of benzene rings is 1. The Morgan fingerprint density at radius 3 is 3.00 bits per heavy atom. The Hall–Kier alpha value is -1.66. The molecule has 0 bridgehead atoms. The molecular weight excluding hydrogens is 273 g/mol. The fraction of sp³-hybridized carbons (Fsp3) is 0.533. The van der Waals surface area contributed by atoms with Gasteiger partial charge in [-0.15, -0.1) is 0 Å². The van der Waals surface area contributed by atoms with Gasteiger partial charge >= 0.3 is 0 Å². The van der Waals surface area contributed by atoms with Crippen molar-refractivity contribution in [2.75, 3.05) is 18.6 Å². The first-order valence-corrected chi connectivity index (χ1v) is 7.40. The summed E-state index contributed by atoms with van der Waals surface area (Å²) in [4.78, 5) is 14.6. The van der Waals surface area contributed by atoms with E-state index in [0.717, 1.165) is 25.7 Å². The molecule has 3 N–H and O–H groups in total. The minimum absolute atomic E-state index is 0.0568. The maximum atomic E-state index is 13.8. The van der Waals surface area contributed by atoms with Gasteiger partial charge in [0.25, 0.3) is 5.91 Å². The van der Waals surface area contributed by atoms with Gasteiger partial charge in [0.1, 0.15) is 5.82 Å². The molecule has 2 aliphatic rings. The minimum atomic E-state index is -0.517. The van der Waals surface area contributed by atoms with Crippen molar-refractivity contribution in [1.29, 1.82) is 0 Å². The summed E-state index contributed by atoms with van der Waals surface area (Å²) >= 11 is 0. The Kier molecular flexibility index (Phi) is 4.07. The Morgan fingerprint density at radius 2 is 2.19 bits per heavy atom. The molecule has 1 aliphatic carbocycles. The van der Waals surface area contributed by atoms with Gasteiger partial charge in [-0.1, -0.05) is 18.9 Å². The minimum Gasteiger partial charge on any atom is -0.374 e.